The molecule has 0 aliphatic carbocycles. The zero-order chi connectivity index (χ0) is 33.2. The third-order valence-corrected chi connectivity index (χ3v) is 8.09. The molecule has 6 rings (SSSR count). The van der Waals surface area contributed by atoms with Crippen LogP contribution in [0.1, 0.15) is 29.2 Å². The summed E-state index contributed by atoms with van der Waals surface area (Å²) >= 11 is 0. The summed E-state index contributed by atoms with van der Waals surface area (Å²) in [5, 5.41) is 42.0. The minimum absolute atomic E-state index is 0.0289. The number of hydrogen-bond acceptors (Lipinski definition) is 10. The molecule has 4 N–H and O–H groups in total. The van der Waals surface area contributed by atoms with E-state index in [0.717, 1.165) is 11.1 Å². The van der Waals surface area contributed by atoms with E-state index in [1.165, 1.54) is 13.0 Å². The first kappa shape index (κ1) is 32.1. The van der Waals surface area contributed by atoms with E-state index in [-0.39, 0.29) is 41.4 Å². The van der Waals surface area contributed by atoms with E-state index in [4.69, 9.17) is 23.4 Å². The largest absolute Gasteiger partial charge is 0.507 e. The normalized spacial score (nSPS) is 21.0. The van der Waals surface area contributed by atoms with Gasteiger partial charge in [-0.2, -0.15) is 0 Å². The molecule has 1 fully saturated rings. The molecule has 1 saturated heterocycles. The highest BCUT2D eigenvalue weighted by atomic mass is 16.7. The van der Waals surface area contributed by atoms with Gasteiger partial charge in [0.2, 0.25) is 17.5 Å². The molecule has 0 spiro atoms. The molecule has 2 heterocycles. The Balaban J connectivity index is 1.48. The van der Waals surface area contributed by atoms with E-state index in [1.54, 1.807) is 25.1 Å². The lowest BCUT2D eigenvalue weighted by Crippen LogP contribution is -2.58. The number of aryl methyl sites for hydroxylation is 2. The Morgan fingerprint density at radius 2 is 1.40 bits per heavy atom. The monoisotopic (exact) mass is 640 g/mol. The van der Waals surface area contributed by atoms with Gasteiger partial charge in [0, 0.05) is 5.56 Å². The van der Waals surface area contributed by atoms with Crippen LogP contribution in [0.4, 0.5) is 0 Å². The van der Waals surface area contributed by atoms with Crippen LogP contribution in [0.2, 0.25) is 0 Å². The molecule has 0 bridgehead atoms. The van der Waals surface area contributed by atoms with Gasteiger partial charge in [0.25, 0.3) is 0 Å². The van der Waals surface area contributed by atoms with Crippen LogP contribution in [0.5, 0.6) is 23.0 Å². The summed E-state index contributed by atoms with van der Waals surface area (Å²) in [6.07, 6.45) is -7.14. The number of ether oxygens (including phenoxy) is 4. The first-order chi connectivity index (χ1) is 22.6. The third-order valence-electron chi connectivity index (χ3n) is 8.09. The number of rotatable bonds is 9. The minimum Gasteiger partial charge on any atom is -0.507 e. The lowest BCUT2D eigenvalue weighted by Gasteiger charge is -2.38. The smallest absolute Gasteiger partial charge is 0.239 e. The van der Waals surface area contributed by atoms with Gasteiger partial charge in [-0.05, 0) is 67.3 Å². The fourth-order valence-corrected chi connectivity index (χ4v) is 5.57. The van der Waals surface area contributed by atoms with Crippen LogP contribution in [0.25, 0.3) is 22.3 Å². The van der Waals surface area contributed by atoms with Crippen molar-refractivity contribution in [3.05, 3.63) is 117 Å². The number of aliphatic hydroxyl groups excluding tert-OH is 3. The summed E-state index contributed by atoms with van der Waals surface area (Å²) in [7, 11) is 0. The molecule has 4 aromatic carbocycles. The summed E-state index contributed by atoms with van der Waals surface area (Å²) in [6.45, 7) is 5.60. The fraction of sp³-hybridized carbons (Fsp3) is 0.270. The maximum Gasteiger partial charge on any atom is 0.239 e. The van der Waals surface area contributed by atoms with Crippen LogP contribution in [-0.2, 0) is 18.0 Å². The van der Waals surface area contributed by atoms with Gasteiger partial charge in [-0.25, -0.2) is 0 Å². The number of fused-ring (bicyclic) bond motifs is 1. The Hall–Kier alpha value is -4.87. The van der Waals surface area contributed by atoms with Gasteiger partial charge in [0.15, 0.2) is 17.3 Å². The number of aliphatic hydroxyl groups is 3. The van der Waals surface area contributed by atoms with Crippen molar-refractivity contribution in [3.63, 3.8) is 0 Å². The first-order valence-corrected chi connectivity index (χ1v) is 15.3. The lowest BCUT2D eigenvalue weighted by molar-refractivity contribution is -0.268. The second-order valence-electron chi connectivity index (χ2n) is 11.7. The Labute approximate surface area is 271 Å². The Morgan fingerprint density at radius 3 is 2.06 bits per heavy atom. The van der Waals surface area contributed by atoms with Crippen molar-refractivity contribution >= 4 is 11.0 Å². The van der Waals surface area contributed by atoms with Gasteiger partial charge in [-0.1, -0.05) is 60.7 Å². The molecule has 1 aromatic heterocycles. The predicted octanol–water partition coefficient (Wildman–Crippen LogP) is 5.15. The van der Waals surface area contributed by atoms with Crippen LogP contribution in [0.3, 0.4) is 0 Å². The molecule has 5 atom stereocenters. The van der Waals surface area contributed by atoms with Gasteiger partial charge in [-0.15, -0.1) is 0 Å². The molecule has 47 heavy (non-hydrogen) atoms. The number of phenolic OH excluding ortho intramolecular Hbond substituents is 1. The zero-order valence-corrected chi connectivity index (χ0v) is 26.1. The summed E-state index contributed by atoms with van der Waals surface area (Å²) in [4.78, 5) is 14.0. The molecule has 1 aliphatic rings. The average molecular weight is 641 g/mol. The first-order valence-electron chi connectivity index (χ1n) is 15.3. The molecule has 10 nitrogen and oxygen atoms in total. The summed E-state index contributed by atoms with van der Waals surface area (Å²) < 4.78 is 30.5. The van der Waals surface area contributed by atoms with Gasteiger partial charge >= 0.3 is 0 Å². The van der Waals surface area contributed by atoms with E-state index in [1.807, 2.05) is 67.6 Å². The zero-order valence-electron chi connectivity index (χ0n) is 26.1. The number of benzene rings is 4. The van der Waals surface area contributed by atoms with Crippen molar-refractivity contribution in [2.75, 3.05) is 0 Å². The highest BCUT2D eigenvalue weighted by Crippen LogP contribution is 2.42. The summed E-state index contributed by atoms with van der Waals surface area (Å²) in [5.74, 6) is 0.153. The van der Waals surface area contributed by atoms with Gasteiger partial charge < -0.3 is 43.8 Å². The fourth-order valence-electron chi connectivity index (χ4n) is 5.57. The Bertz CT molecular complexity index is 1920. The van der Waals surface area contributed by atoms with E-state index in [2.05, 4.69) is 0 Å². The van der Waals surface area contributed by atoms with Crippen LogP contribution in [0.15, 0.2) is 94.1 Å². The highest BCUT2D eigenvalue weighted by Gasteiger charge is 2.44. The summed E-state index contributed by atoms with van der Waals surface area (Å²) in [5.41, 5.74) is 2.98. The van der Waals surface area contributed by atoms with Crippen LogP contribution >= 0.6 is 0 Å². The van der Waals surface area contributed by atoms with Crippen molar-refractivity contribution < 1.29 is 43.8 Å². The van der Waals surface area contributed by atoms with Crippen LogP contribution in [-0.4, -0.2) is 51.1 Å². The van der Waals surface area contributed by atoms with Crippen molar-refractivity contribution in [3.8, 4) is 34.3 Å². The SMILES string of the molecule is Cc1cc(O)c2c(=O)c(O[C@@H]3O[C@@H](C)[C@H](O)[C@H](O)[C@@H]3O)c(-c3cc(C)c(OCc4ccccc4)c(OCc4ccccc4)c3)oc2c1. The summed E-state index contributed by atoms with van der Waals surface area (Å²) in [6, 6.07) is 25.8. The van der Waals surface area contributed by atoms with E-state index in [0.29, 0.717) is 28.2 Å². The molecule has 244 valence electrons. The van der Waals surface area contributed by atoms with Crippen molar-refractivity contribution in [1.29, 1.82) is 0 Å². The second-order valence-corrected chi connectivity index (χ2v) is 11.7. The van der Waals surface area contributed by atoms with Crippen LogP contribution in [0, 0.1) is 13.8 Å². The average Bonchev–Trinajstić information content (AvgIpc) is 3.06. The lowest BCUT2D eigenvalue weighted by atomic mass is 10.00. The molecule has 10 heteroatoms. The van der Waals surface area contributed by atoms with Crippen LogP contribution < -0.4 is 19.6 Å². The molecular formula is C37H36O10. The Kier molecular flexibility index (Phi) is 9.19. The topological polar surface area (TPSA) is 148 Å². The van der Waals surface area contributed by atoms with E-state index < -0.39 is 36.1 Å². The maximum absolute atomic E-state index is 14.0. The predicted molar refractivity (Wildman–Crippen MR) is 174 cm³/mol. The van der Waals surface area contributed by atoms with Crippen molar-refractivity contribution in [2.45, 2.75) is 64.7 Å². The van der Waals surface area contributed by atoms with E-state index >= 15 is 0 Å². The number of hydrogen-bond donors (Lipinski definition) is 4. The van der Waals surface area contributed by atoms with Gasteiger partial charge in [-0.3, -0.25) is 4.79 Å². The highest BCUT2D eigenvalue weighted by molar-refractivity contribution is 5.88. The second kappa shape index (κ2) is 13.5. The molecule has 0 amide bonds. The third kappa shape index (κ3) is 6.68. The standard InChI is InChI=1S/C37H36O10/c1-20-14-26(38)29-27(15-20)46-35(36(31(29)40)47-37-33(42)32(41)30(39)22(3)45-37)25-16-21(2)34(44-19-24-12-8-5-9-13-24)28(17-25)43-18-23-10-6-4-7-11-23/h4-17,22,30,32-33,37-39,41-42H,18-19H2,1-3H3/t22-,30-,32-,33-,37-/m0/s1. The molecule has 0 saturated carbocycles. The van der Waals surface area contributed by atoms with Crippen molar-refractivity contribution in [1.82, 2.24) is 0 Å². The van der Waals surface area contributed by atoms with Crippen molar-refractivity contribution in [2.24, 2.45) is 0 Å². The quantitative estimate of drug-likeness (QED) is 0.171. The minimum atomic E-state index is -1.70. The van der Waals surface area contributed by atoms with E-state index in [9.17, 15) is 25.2 Å². The van der Waals surface area contributed by atoms with Gasteiger partial charge in [0.05, 0.1) is 6.10 Å². The molecular weight excluding hydrogens is 604 g/mol. The number of aromatic hydroxyl groups is 1. The van der Waals surface area contributed by atoms with Gasteiger partial charge in [0.1, 0.15) is 48.2 Å². The molecule has 1 aliphatic heterocycles. The molecule has 0 unspecified atom stereocenters. The number of phenols is 1. The molecule has 5 aromatic rings. The Morgan fingerprint density at radius 1 is 0.766 bits per heavy atom. The maximum atomic E-state index is 14.0. The molecule has 0 radical (unpaired) electrons.